The van der Waals surface area contributed by atoms with E-state index >= 15 is 0 Å². The second-order valence-electron chi connectivity index (χ2n) is 8.00. The molecule has 14 heteroatoms. The molecule has 1 fully saturated rings. The Morgan fingerprint density at radius 1 is 0.973 bits per heavy atom. The monoisotopic (exact) mass is 532 g/mol. The fourth-order valence-corrected chi connectivity index (χ4v) is 3.34. The number of halogens is 3. The zero-order valence-corrected chi connectivity index (χ0v) is 20.0. The summed E-state index contributed by atoms with van der Waals surface area (Å²) in [4.78, 5) is 7.42. The quantitative estimate of drug-likeness (QED) is 0.256. The number of aromatic nitrogens is 2. The van der Waals surface area contributed by atoms with Crippen LogP contribution in [-0.4, -0.2) is 97.3 Å². The van der Waals surface area contributed by atoms with Gasteiger partial charge in [-0.3, -0.25) is 0 Å². The molecule has 0 bridgehead atoms. The van der Waals surface area contributed by atoms with Crippen LogP contribution in [0, 0.1) is 0 Å². The molecule has 0 spiro atoms. The van der Waals surface area contributed by atoms with Gasteiger partial charge in [0.15, 0.2) is 5.69 Å². The van der Waals surface area contributed by atoms with Crippen molar-refractivity contribution in [1.82, 2.24) is 9.97 Å². The van der Waals surface area contributed by atoms with Crippen LogP contribution in [-0.2, 0) is 20.4 Å². The van der Waals surface area contributed by atoms with Crippen LogP contribution in [0.3, 0.4) is 0 Å². The first kappa shape index (κ1) is 28.8. The number of nitrogens with two attached hydrogens (primary N) is 1. The molecule has 11 nitrogen and oxygen atoms in total. The van der Waals surface area contributed by atoms with Crippen molar-refractivity contribution < 1.29 is 47.1 Å². The summed E-state index contributed by atoms with van der Waals surface area (Å²) >= 11 is 0. The number of alkyl halides is 3. The number of anilines is 1. The van der Waals surface area contributed by atoms with Crippen LogP contribution < -0.4 is 20.5 Å². The van der Waals surface area contributed by atoms with E-state index in [1.165, 1.54) is 0 Å². The summed E-state index contributed by atoms with van der Waals surface area (Å²) in [5.74, 6) is -0.225. The molecule has 206 valence electrons. The van der Waals surface area contributed by atoms with Crippen LogP contribution in [0.25, 0.3) is 0 Å². The van der Waals surface area contributed by atoms with Crippen LogP contribution in [0.4, 0.5) is 19.1 Å². The van der Waals surface area contributed by atoms with Crippen molar-refractivity contribution in [2.24, 2.45) is 5.73 Å². The molecule has 1 aromatic heterocycles. The van der Waals surface area contributed by atoms with Crippen LogP contribution in [0.1, 0.15) is 5.69 Å². The zero-order valence-electron chi connectivity index (χ0n) is 20.0. The van der Waals surface area contributed by atoms with Gasteiger partial charge in [-0.15, -0.1) is 0 Å². The predicted molar refractivity (Wildman–Crippen MR) is 124 cm³/mol. The Morgan fingerprint density at radius 2 is 1.68 bits per heavy atom. The second kappa shape index (κ2) is 14.3. The van der Waals surface area contributed by atoms with E-state index in [4.69, 9.17) is 29.4 Å². The molecular formula is C23H31F3N4O7. The maximum atomic E-state index is 13.4. The highest BCUT2D eigenvalue weighted by Crippen LogP contribution is 2.31. The lowest BCUT2D eigenvalue weighted by atomic mass is 9.98. The number of hydrogen-bond acceptors (Lipinski definition) is 11. The van der Waals surface area contributed by atoms with E-state index in [-0.39, 0.29) is 38.9 Å². The number of rotatable bonds is 14. The van der Waals surface area contributed by atoms with Crippen LogP contribution in [0.5, 0.6) is 11.6 Å². The normalized spacial score (nSPS) is 22.0. The molecule has 5 N–H and O–H groups in total. The van der Waals surface area contributed by atoms with Crippen molar-refractivity contribution >= 4 is 5.95 Å². The summed E-state index contributed by atoms with van der Waals surface area (Å²) in [6.45, 7) is 1.24. The Morgan fingerprint density at radius 3 is 2.38 bits per heavy atom. The number of benzene rings is 1. The van der Waals surface area contributed by atoms with Gasteiger partial charge in [0.2, 0.25) is 11.8 Å². The predicted octanol–water partition coefficient (Wildman–Crippen LogP) is 0.846. The zero-order chi connectivity index (χ0) is 26.7. The number of aliphatic hydroxyl groups excluding tert-OH is 2. The molecule has 1 aliphatic heterocycles. The molecule has 0 unspecified atom stereocenters. The van der Waals surface area contributed by atoms with Crippen LogP contribution in [0.15, 0.2) is 36.4 Å². The summed E-state index contributed by atoms with van der Waals surface area (Å²) in [6.07, 6.45) is -8.39. The molecule has 0 amide bonds. The van der Waals surface area contributed by atoms with Crippen LogP contribution >= 0.6 is 0 Å². The van der Waals surface area contributed by atoms with Crippen LogP contribution in [0.2, 0.25) is 0 Å². The Kier molecular flexibility index (Phi) is 11.1. The van der Waals surface area contributed by atoms with Crippen molar-refractivity contribution in [3.8, 4) is 11.6 Å². The third-order valence-electron chi connectivity index (χ3n) is 5.21. The molecular weight excluding hydrogens is 501 g/mol. The molecule has 37 heavy (non-hydrogen) atoms. The van der Waals surface area contributed by atoms with E-state index in [9.17, 15) is 23.4 Å². The highest BCUT2D eigenvalue weighted by Gasteiger charge is 2.40. The first-order chi connectivity index (χ1) is 17.8. The summed E-state index contributed by atoms with van der Waals surface area (Å²) in [5, 5.41) is 23.6. The van der Waals surface area contributed by atoms with Gasteiger partial charge in [0.25, 0.3) is 0 Å². The number of nitrogens with one attached hydrogen (secondary N) is 1. The van der Waals surface area contributed by atoms with Crippen molar-refractivity contribution in [3.05, 3.63) is 42.1 Å². The molecule has 1 aliphatic rings. The second-order valence-corrected chi connectivity index (χ2v) is 8.00. The number of hydrogen-bond donors (Lipinski definition) is 4. The summed E-state index contributed by atoms with van der Waals surface area (Å²) in [7, 11) is 0. The first-order valence-electron chi connectivity index (χ1n) is 11.6. The van der Waals surface area contributed by atoms with Gasteiger partial charge in [-0.25, -0.2) is 4.98 Å². The van der Waals surface area contributed by atoms with E-state index in [0.717, 1.165) is 0 Å². The minimum absolute atomic E-state index is 0.0335. The van der Waals surface area contributed by atoms with Gasteiger partial charge in [-0.1, -0.05) is 18.2 Å². The summed E-state index contributed by atoms with van der Waals surface area (Å²) < 4.78 is 67.0. The van der Waals surface area contributed by atoms with Gasteiger partial charge in [-0.2, -0.15) is 18.2 Å². The molecule has 0 aliphatic carbocycles. The van der Waals surface area contributed by atoms with Gasteiger partial charge >= 0.3 is 6.18 Å². The highest BCUT2D eigenvalue weighted by atomic mass is 19.4. The minimum Gasteiger partial charge on any atom is -0.491 e. The van der Waals surface area contributed by atoms with E-state index in [1.54, 1.807) is 24.3 Å². The lowest BCUT2D eigenvalue weighted by Gasteiger charge is -2.37. The fourth-order valence-electron chi connectivity index (χ4n) is 3.34. The van der Waals surface area contributed by atoms with Crippen molar-refractivity contribution in [3.63, 3.8) is 0 Å². The molecule has 0 saturated carbocycles. The Bertz CT molecular complexity index is 942. The third kappa shape index (κ3) is 9.25. The van der Waals surface area contributed by atoms with Gasteiger partial charge in [0, 0.05) is 12.6 Å². The Labute approximate surface area is 211 Å². The average Bonchev–Trinajstić information content (AvgIpc) is 2.88. The maximum absolute atomic E-state index is 13.4. The van der Waals surface area contributed by atoms with Gasteiger partial charge in [-0.05, 0) is 12.1 Å². The van der Waals surface area contributed by atoms with E-state index < -0.39 is 42.2 Å². The summed E-state index contributed by atoms with van der Waals surface area (Å²) in [5.41, 5.74) is 4.06. The van der Waals surface area contributed by atoms with E-state index in [0.29, 0.717) is 31.6 Å². The van der Waals surface area contributed by atoms with Crippen molar-refractivity contribution in [2.75, 3.05) is 58.1 Å². The molecule has 3 rings (SSSR count). The molecule has 1 aromatic carbocycles. The molecule has 2 aromatic rings. The minimum atomic E-state index is -4.77. The summed E-state index contributed by atoms with van der Waals surface area (Å²) in [6, 6.07) is 8.51. The highest BCUT2D eigenvalue weighted by molar-refractivity contribution is 5.34. The first-order valence-corrected chi connectivity index (χ1v) is 11.6. The topological polar surface area (TPSA) is 150 Å². The standard InChI is InChI=1S/C23H31F3N4O7/c24-23(25,26)18-12-19(35-11-10-34-9-8-33-7-6-27)30-22(29-18)28-16-13-37-17(21(32)20(16)31)14-36-15-4-2-1-3-5-15/h1-5,12,16-17,20-21,31-32H,6-11,13-14,27H2,(H,28,29,30)/t16-,17+,20+,21-/m0/s1. The number of ether oxygens (including phenoxy) is 5. The molecule has 4 atom stereocenters. The largest absolute Gasteiger partial charge is 0.491 e. The number of aliphatic hydroxyl groups is 2. The Balaban J connectivity index is 1.55. The van der Waals surface area contributed by atoms with Gasteiger partial charge < -0.3 is 44.9 Å². The van der Waals surface area contributed by atoms with E-state index in [2.05, 4.69) is 15.3 Å². The lowest BCUT2D eigenvalue weighted by Crippen LogP contribution is -2.57. The fraction of sp³-hybridized carbons (Fsp3) is 0.565. The maximum Gasteiger partial charge on any atom is 0.433 e. The third-order valence-corrected chi connectivity index (χ3v) is 5.21. The van der Waals surface area contributed by atoms with Gasteiger partial charge in [0.1, 0.15) is 37.3 Å². The lowest BCUT2D eigenvalue weighted by molar-refractivity contribution is -0.150. The molecule has 2 heterocycles. The smallest absolute Gasteiger partial charge is 0.433 e. The number of para-hydroxylation sites is 1. The van der Waals surface area contributed by atoms with Crippen molar-refractivity contribution in [1.29, 1.82) is 0 Å². The average molecular weight is 533 g/mol. The Hall–Kier alpha value is -2.75. The number of nitrogens with zero attached hydrogens (tertiary/aromatic N) is 2. The van der Waals surface area contributed by atoms with Gasteiger partial charge in [0.05, 0.1) is 39.1 Å². The SMILES string of the molecule is NCCOCCOCCOc1cc(C(F)(F)F)nc(N[C@H]2CO[C@H](COc3ccccc3)[C@H](O)[C@@H]2O)n1. The van der Waals surface area contributed by atoms with E-state index in [1.807, 2.05) is 6.07 Å². The van der Waals surface area contributed by atoms with Crippen molar-refractivity contribution in [2.45, 2.75) is 30.5 Å². The molecule has 0 radical (unpaired) electrons. The molecule has 1 saturated heterocycles.